The van der Waals surface area contributed by atoms with E-state index in [4.69, 9.17) is 4.74 Å². The van der Waals surface area contributed by atoms with Gasteiger partial charge in [-0.3, -0.25) is 0 Å². The Bertz CT molecular complexity index is 356. The molecule has 1 aromatic rings. The number of benzene rings is 1. The fourth-order valence-electron chi connectivity index (χ4n) is 2.47. The molecule has 94 valence electrons. The van der Waals surface area contributed by atoms with E-state index in [9.17, 15) is 0 Å². The molecule has 1 N–H and O–H groups in total. The van der Waals surface area contributed by atoms with Crippen molar-refractivity contribution in [2.45, 2.75) is 33.1 Å². The monoisotopic (exact) mass is 233 g/mol. The molecule has 0 saturated carbocycles. The molecule has 1 aliphatic rings. The largest absolute Gasteiger partial charge is 0.384 e. The Balaban J connectivity index is 1.97. The molecule has 17 heavy (non-hydrogen) atoms. The summed E-state index contributed by atoms with van der Waals surface area (Å²) in [5.74, 6) is 0.771. The molecule has 0 aliphatic carbocycles. The molecule has 0 amide bonds. The molecule has 0 bridgehead atoms. The summed E-state index contributed by atoms with van der Waals surface area (Å²) in [6.45, 7) is 7.35. The number of para-hydroxylation sites is 1. The number of hydrogen-bond donors (Lipinski definition) is 1. The highest BCUT2D eigenvalue weighted by Crippen LogP contribution is 2.23. The fraction of sp³-hybridized carbons (Fsp3) is 0.600. The molecule has 1 aliphatic heterocycles. The van der Waals surface area contributed by atoms with Gasteiger partial charge in [0.05, 0.1) is 0 Å². The lowest BCUT2D eigenvalue weighted by molar-refractivity contribution is 0.0699. The first-order valence-corrected chi connectivity index (χ1v) is 6.71. The Labute approximate surface area is 104 Å². The quantitative estimate of drug-likeness (QED) is 0.860. The molecule has 2 nitrogen and oxygen atoms in total. The Morgan fingerprint density at radius 2 is 2.06 bits per heavy atom. The second kappa shape index (κ2) is 6.06. The summed E-state index contributed by atoms with van der Waals surface area (Å²) in [4.78, 5) is 0. The molecular weight excluding hydrogens is 210 g/mol. The summed E-state index contributed by atoms with van der Waals surface area (Å²) in [5.41, 5.74) is 4.13. The van der Waals surface area contributed by atoms with E-state index in [2.05, 4.69) is 37.4 Å². The van der Waals surface area contributed by atoms with Gasteiger partial charge in [0.15, 0.2) is 0 Å². The lowest BCUT2D eigenvalue weighted by Gasteiger charge is -2.24. The van der Waals surface area contributed by atoms with Crippen LogP contribution < -0.4 is 5.32 Å². The predicted molar refractivity (Wildman–Crippen MR) is 72.6 cm³/mol. The molecule has 2 heteroatoms. The van der Waals surface area contributed by atoms with Crippen molar-refractivity contribution in [2.24, 2.45) is 5.92 Å². The summed E-state index contributed by atoms with van der Waals surface area (Å²) < 4.78 is 5.39. The summed E-state index contributed by atoms with van der Waals surface area (Å²) in [7, 11) is 0. The van der Waals surface area contributed by atoms with Crippen molar-refractivity contribution >= 4 is 5.69 Å². The number of nitrogens with one attached hydrogen (secondary N) is 1. The molecule has 1 saturated heterocycles. The van der Waals surface area contributed by atoms with Crippen molar-refractivity contribution in [1.82, 2.24) is 0 Å². The smallest absolute Gasteiger partial charge is 0.0469 e. The normalized spacial score (nSPS) is 17.1. The van der Waals surface area contributed by atoms with Crippen molar-refractivity contribution in [3.8, 4) is 0 Å². The van der Waals surface area contributed by atoms with Gasteiger partial charge in [-0.25, -0.2) is 0 Å². The van der Waals surface area contributed by atoms with Crippen LogP contribution >= 0.6 is 0 Å². The molecule has 2 rings (SSSR count). The van der Waals surface area contributed by atoms with Crippen LogP contribution in [0.5, 0.6) is 0 Å². The van der Waals surface area contributed by atoms with Crippen LogP contribution in [0.3, 0.4) is 0 Å². The van der Waals surface area contributed by atoms with Gasteiger partial charge in [-0.05, 0) is 43.2 Å². The Kier molecular flexibility index (Phi) is 4.43. The van der Waals surface area contributed by atoms with Gasteiger partial charge in [0.1, 0.15) is 0 Å². The highest BCUT2D eigenvalue weighted by Gasteiger charge is 2.14. The second-order valence-corrected chi connectivity index (χ2v) is 4.90. The zero-order chi connectivity index (χ0) is 12.1. The minimum atomic E-state index is 0.771. The fourth-order valence-corrected chi connectivity index (χ4v) is 2.47. The predicted octanol–water partition coefficient (Wildman–Crippen LogP) is 3.40. The zero-order valence-corrected chi connectivity index (χ0v) is 11.0. The Hall–Kier alpha value is -1.02. The molecule has 0 spiro atoms. The maximum absolute atomic E-state index is 5.39. The Morgan fingerprint density at radius 3 is 2.76 bits per heavy atom. The van der Waals surface area contributed by atoms with Gasteiger partial charge in [0.25, 0.3) is 0 Å². The first-order valence-electron chi connectivity index (χ1n) is 6.71. The van der Waals surface area contributed by atoms with Gasteiger partial charge in [0.2, 0.25) is 0 Å². The van der Waals surface area contributed by atoms with Crippen molar-refractivity contribution in [3.63, 3.8) is 0 Å². The molecule has 1 fully saturated rings. The van der Waals surface area contributed by atoms with E-state index >= 15 is 0 Å². The van der Waals surface area contributed by atoms with E-state index < -0.39 is 0 Å². The minimum Gasteiger partial charge on any atom is -0.384 e. The standard InChI is InChI=1S/C15H23NO/c1-3-14-6-4-5-12(2)15(14)16-11-13-7-9-17-10-8-13/h4-6,13,16H,3,7-11H2,1-2H3. The van der Waals surface area contributed by atoms with E-state index in [-0.39, 0.29) is 0 Å². The van der Waals surface area contributed by atoms with Crippen LogP contribution in [0.25, 0.3) is 0 Å². The molecule has 0 unspecified atom stereocenters. The van der Waals surface area contributed by atoms with E-state index in [1.165, 1.54) is 29.7 Å². The molecule has 1 heterocycles. The van der Waals surface area contributed by atoms with Gasteiger partial charge in [-0.2, -0.15) is 0 Å². The van der Waals surface area contributed by atoms with E-state index in [0.717, 1.165) is 32.1 Å². The third-order valence-corrected chi connectivity index (χ3v) is 3.65. The average Bonchev–Trinajstić information content (AvgIpc) is 2.38. The third kappa shape index (κ3) is 3.22. The van der Waals surface area contributed by atoms with Crippen LogP contribution in [-0.4, -0.2) is 19.8 Å². The highest BCUT2D eigenvalue weighted by molar-refractivity contribution is 5.57. The third-order valence-electron chi connectivity index (χ3n) is 3.65. The molecular formula is C15H23NO. The minimum absolute atomic E-state index is 0.771. The average molecular weight is 233 g/mol. The second-order valence-electron chi connectivity index (χ2n) is 4.90. The van der Waals surface area contributed by atoms with E-state index in [1.54, 1.807) is 0 Å². The van der Waals surface area contributed by atoms with Gasteiger partial charge in [-0.1, -0.05) is 25.1 Å². The lowest BCUT2D eigenvalue weighted by atomic mass is 9.99. The van der Waals surface area contributed by atoms with Crippen LogP contribution in [0, 0.1) is 12.8 Å². The van der Waals surface area contributed by atoms with Crippen LogP contribution in [0.2, 0.25) is 0 Å². The van der Waals surface area contributed by atoms with Gasteiger partial charge in [0, 0.05) is 25.4 Å². The van der Waals surface area contributed by atoms with Gasteiger partial charge in [-0.15, -0.1) is 0 Å². The van der Waals surface area contributed by atoms with Crippen molar-refractivity contribution in [3.05, 3.63) is 29.3 Å². The van der Waals surface area contributed by atoms with Crippen molar-refractivity contribution < 1.29 is 4.74 Å². The summed E-state index contributed by atoms with van der Waals surface area (Å²) in [6.07, 6.45) is 3.48. The maximum atomic E-state index is 5.39. The molecule has 0 radical (unpaired) electrons. The number of anilines is 1. The summed E-state index contributed by atoms with van der Waals surface area (Å²) in [6, 6.07) is 6.55. The lowest BCUT2D eigenvalue weighted by Crippen LogP contribution is -2.23. The van der Waals surface area contributed by atoms with Crippen molar-refractivity contribution in [1.29, 1.82) is 0 Å². The van der Waals surface area contributed by atoms with Gasteiger partial charge >= 0.3 is 0 Å². The van der Waals surface area contributed by atoms with Crippen LogP contribution in [-0.2, 0) is 11.2 Å². The number of rotatable bonds is 4. The first kappa shape index (κ1) is 12.4. The topological polar surface area (TPSA) is 21.3 Å². The van der Waals surface area contributed by atoms with E-state index in [0.29, 0.717) is 0 Å². The molecule has 0 aromatic heterocycles. The molecule has 1 aromatic carbocycles. The Morgan fingerprint density at radius 1 is 1.29 bits per heavy atom. The van der Waals surface area contributed by atoms with Crippen molar-refractivity contribution in [2.75, 3.05) is 25.1 Å². The number of aryl methyl sites for hydroxylation is 2. The number of hydrogen-bond acceptors (Lipinski definition) is 2. The highest BCUT2D eigenvalue weighted by atomic mass is 16.5. The van der Waals surface area contributed by atoms with Crippen LogP contribution in [0.15, 0.2) is 18.2 Å². The summed E-state index contributed by atoms with van der Waals surface area (Å²) >= 11 is 0. The summed E-state index contributed by atoms with van der Waals surface area (Å²) in [5, 5.41) is 3.65. The van der Waals surface area contributed by atoms with Gasteiger partial charge < -0.3 is 10.1 Å². The number of ether oxygens (including phenoxy) is 1. The zero-order valence-electron chi connectivity index (χ0n) is 11.0. The molecule has 0 atom stereocenters. The SMILES string of the molecule is CCc1cccc(C)c1NCC1CCOCC1. The first-order chi connectivity index (χ1) is 8.31. The van der Waals surface area contributed by atoms with Crippen LogP contribution in [0.4, 0.5) is 5.69 Å². The van der Waals surface area contributed by atoms with E-state index in [1.807, 2.05) is 0 Å². The maximum Gasteiger partial charge on any atom is 0.0469 e. The van der Waals surface area contributed by atoms with Crippen LogP contribution in [0.1, 0.15) is 30.9 Å².